The van der Waals surface area contributed by atoms with Crippen LogP contribution >= 0.6 is 0 Å². The summed E-state index contributed by atoms with van der Waals surface area (Å²) in [4.78, 5) is 31.5. The zero-order valence-corrected chi connectivity index (χ0v) is 14.9. The van der Waals surface area contributed by atoms with E-state index < -0.39 is 12.1 Å². The fourth-order valence-corrected chi connectivity index (χ4v) is 2.44. The molecule has 1 heterocycles. The Balaban J connectivity index is 2.13. The summed E-state index contributed by atoms with van der Waals surface area (Å²) in [5.74, 6) is 0.692. The molecule has 1 unspecified atom stereocenters. The van der Waals surface area contributed by atoms with E-state index in [1.807, 2.05) is 39.0 Å². The molecule has 7 nitrogen and oxygen atoms in total. The van der Waals surface area contributed by atoms with Gasteiger partial charge in [-0.25, -0.2) is 9.78 Å². The Labute approximate surface area is 147 Å². The quantitative estimate of drug-likeness (QED) is 0.750. The van der Waals surface area contributed by atoms with Gasteiger partial charge in [0.25, 0.3) is 0 Å². The number of aryl methyl sites for hydroxylation is 1. The molecule has 25 heavy (non-hydrogen) atoms. The summed E-state index contributed by atoms with van der Waals surface area (Å²) >= 11 is 0. The second-order valence-corrected chi connectivity index (χ2v) is 6.30. The summed E-state index contributed by atoms with van der Waals surface area (Å²) in [6.07, 6.45) is 1.64. The fourth-order valence-electron chi connectivity index (χ4n) is 2.44. The fraction of sp³-hybridized carbons (Fsp3) is 0.389. The molecule has 0 radical (unpaired) electrons. The van der Waals surface area contributed by atoms with Crippen molar-refractivity contribution in [1.29, 1.82) is 0 Å². The number of alkyl carbamates (subject to hydrolysis) is 1. The molecule has 7 heteroatoms. The molecule has 0 saturated heterocycles. The van der Waals surface area contributed by atoms with Crippen LogP contribution in [0.5, 0.6) is 0 Å². The number of H-pyrrole nitrogens is 1. The maximum Gasteiger partial charge on any atom is 0.407 e. The molecule has 1 aromatic heterocycles. The molecule has 134 valence electrons. The summed E-state index contributed by atoms with van der Waals surface area (Å²) in [5.41, 5.74) is 2.47. The number of aromatic nitrogens is 2. The van der Waals surface area contributed by atoms with Gasteiger partial charge in [-0.2, -0.15) is 0 Å². The lowest BCUT2D eigenvalue weighted by Crippen LogP contribution is -2.44. The lowest BCUT2D eigenvalue weighted by atomic mass is 10.0. The van der Waals surface area contributed by atoms with Gasteiger partial charge in [0.15, 0.2) is 0 Å². The van der Waals surface area contributed by atoms with Crippen molar-refractivity contribution in [3.8, 4) is 11.4 Å². The molecule has 0 aliphatic carbocycles. The summed E-state index contributed by atoms with van der Waals surface area (Å²) in [6.45, 7) is 5.90. The number of hydrogen-bond acceptors (Lipinski definition) is 4. The number of ether oxygens (including phenoxy) is 1. The van der Waals surface area contributed by atoms with Crippen LogP contribution in [-0.4, -0.2) is 35.1 Å². The van der Waals surface area contributed by atoms with Crippen LogP contribution in [0.15, 0.2) is 30.5 Å². The topological polar surface area (TPSA) is 96.1 Å². The highest BCUT2D eigenvalue weighted by atomic mass is 16.5. The number of benzene rings is 1. The minimum atomic E-state index is -0.665. The number of carbonyl (C=O) groups is 2. The average Bonchev–Trinajstić information content (AvgIpc) is 3.00. The van der Waals surface area contributed by atoms with Crippen LogP contribution in [0.1, 0.15) is 26.0 Å². The van der Waals surface area contributed by atoms with Crippen molar-refractivity contribution in [2.45, 2.75) is 33.2 Å². The standard InChI is InChI=1S/C18H24N4O3/c1-11(2)8-15(22-18(24)25-4)17(23)21-14-7-5-6-13(9-14)16-19-10-12(3)20-16/h5-7,9-11,15H,8H2,1-4H3,(H,19,20)(H,21,23)(H,22,24). The maximum absolute atomic E-state index is 12.5. The van der Waals surface area contributed by atoms with E-state index >= 15 is 0 Å². The minimum absolute atomic E-state index is 0.241. The molecule has 0 saturated carbocycles. The lowest BCUT2D eigenvalue weighted by molar-refractivity contribution is -0.118. The molecular formula is C18H24N4O3. The summed E-state index contributed by atoms with van der Waals surface area (Å²) in [7, 11) is 1.27. The molecule has 0 spiro atoms. The largest absolute Gasteiger partial charge is 0.453 e. The SMILES string of the molecule is COC(=O)NC(CC(C)C)C(=O)Nc1cccc(-c2ncc(C)[nH]2)c1. The van der Waals surface area contributed by atoms with Crippen molar-refractivity contribution in [2.24, 2.45) is 5.92 Å². The zero-order chi connectivity index (χ0) is 18.4. The molecular weight excluding hydrogens is 320 g/mol. The molecule has 1 atom stereocenters. The molecule has 1 aromatic carbocycles. The first-order valence-electron chi connectivity index (χ1n) is 8.16. The van der Waals surface area contributed by atoms with Crippen LogP contribution in [0.3, 0.4) is 0 Å². The van der Waals surface area contributed by atoms with E-state index in [1.54, 1.807) is 12.3 Å². The van der Waals surface area contributed by atoms with Gasteiger partial charge in [0.2, 0.25) is 5.91 Å². The number of hydrogen-bond donors (Lipinski definition) is 3. The van der Waals surface area contributed by atoms with E-state index in [0.717, 1.165) is 17.1 Å². The average molecular weight is 344 g/mol. The number of aromatic amines is 1. The highest BCUT2D eigenvalue weighted by Gasteiger charge is 2.22. The van der Waals surface area contributed by atoms with Gasteiger partial charge in [0, 0.05) is 23.1 Å². The third-order valence-electron chi connectivity index (χ3n) is 3.61. The van der Waals surface area contributed by atoms with E-state index in [0.29, 0.717) is 12.1 Å². The second-order valence-electron chi connectivity index (χ2n) is 6.30. The van der Waals surface area contributed by atoms with E-state index in [9.17, 15) is 9.59 Å². The number of carbonyl (C=O) groups excluding carboxylic acids is 2. The number of nitrogens with zero attached hydrogens (tertiary/aromatic N) is 1. The first kappa shape index (κ1) is 18.5. The Hall–Kier alpha value is -2.83. The number of anilines is 1. The van der Waals surface area contributed by atoms with Crippen LogP contribution in [0.4, 0.5) is 10.5 Å². The van der Waals surface area contributed by atoms with E-state index in [-0.39, 0.29) is 11.8 Å². The predicted molar refractivity (Wildman–Crippen MR) is 96.2 cm³/mol. The third-order valence-corrected chi connectivity index (χ3v) is 3.61. The Kier molecular flexibility index (Phi) is 6.16. The van der Waals surface area contributed by atoms with Gasteiger partial charge in [0.1, 0.15) is 11.9 Å². The maximum atomic E-state index is 12.5. The Morgan fingerprint density at radius 2 is 2.08 bits per heavy atom. The molecule has 0 aliphatic rings. The number of methoxy groups -OCH3 is 1. The van der Waals surface area contributed by atoms with Crippen molar-refractivity contribution < 1.29 is 14.3 Å². The highest BCUT2D eigenvalue weighted by Crippen LogP contribution is 2.20. The molecule has 2 rings (SSSR count). The summed E-state index contributed by atoms with van der Waals surface area (Å²) < 4.78 is 4.60. The van der Waals surface area contributed by atoms with Crippen LogP contribution in [0.25, 0.3) is 11.4 Å². The smallest absolute Gasteiger partial charge is 0.407 e. The van der Waals surface area contributed by atoms with Gasteiger partial charge in [-0.05, 0) is 31.4 Å². The number of nitrogens with one attached hydrogen (secondary N) is 3. The number of amides is 2. The van der Waals surface area contributed by atoms with E-state index in [1.165, 1.54) is 7.11 Å². The molecule has 2 aromatic rings. The normalized spacial score (nSPS) is 11.9. The monoisotopic (exact) mass is 344 g/mol. The third kappa shape index (κ3) is 5.34. The Morgan fingerprint density at radius 1 is 1.32 bits per heavy atom. The first-order valence-corrected chi connectivity index (χ1v) is 8.16. The van der Waals surface area contributed by atoms with Crippen LogP contribution in [0.2, 0.25) is 0 Å². The first-order chi connectivity index (χ1) is 11.9. The van der Waals surface area contributed by atoms with Crippen molar-refractivity contribution >= 4 is 17.7 Å². The molecule has 0 bridgehead atoms. The van der Waals surface area contributed by atoms with Crippen molar-refractivity contribution in [2.75, 3.05) is 12.4 Å². The predicted octanol–water partition coefficient (Wildman–Crippen LogP) is 3.09. The Morgan fingerprint density at radius 3 is 2.68 bits per heavy atom. The molecule has 0 fully saturated rings. The van der Waals surface area contributed by atoms with Gasteiger partial charge in [-0.3, -0.25) is 4.79 Å². The van der Waals surface area contributed by atoms with E-state index in [2.05, 4.69) is 25.3 Å². The molecule has 2 amide bonds. The van der Waals surface area contributed by atoms with Crippen LogP contribution in [0, 0.1) is 12.8 Å². The zero-order valence-electron chi connectivity index (χ0n) is 14.9. The van der Waals surface area contributed by atoms with Gasteiger partial charge in [-0.1, -0.05) is 26.0 Å². The van der Waals surface area contributed by atoms with Crippen LogP contribution < -0.4 is 10.6 Å². The van der Waals surface area contributed by atoms with Gasteiger partial charge in [0.05, 0.1) is 7.11 Å². The highest BCUT2D eigenvalue weighted by molar-refractivity contribution is 5.96. The van der Waals surface area contributed by atoms with Crippen LogP contribution in [-0.2, 0) is 9.53 Å². The van der Waals surface area contributed by atoms with Gasteiger partial charge >= 0.3 is 6.09 Å². The lowest BCUT2D eigenvalue weighted by Gasteiger charge is -2.19. The number of rotatable bonds is 6. The van der Waals surface area contributed by atoms with Crippen molar-refractivity contribution in [3.05, 3.63) is 36.2 Å². The number of imidazole rings is 1. The van der Waals surface area contributed by atoms with Gasteiger partial charge in [-0.15, -0.1) is 0 Å². The minimum Gasteiger partial charge on any atom is -0.453 e. The van der Waals surface area contributed by atoms with Gasteiger partial charge < -0.3 is 20.4 Å². The summed E-state index contributed by atoms with van der Waals surface area (Å²) in [5, 5.41) is 5.42. The summed E-state index contributed by atoms with van der Waals surface area (Å²) in [6, 6.07) is 6.71. The Bertz CT molecular complexity index is 739. The van der Waals surface area contributed by atoms with Crippen molar-refractivity contribution in [1.82, 2.24) is 15.3 Å². The molecule has 3 N–H and O–H groups in total. The van der Waals surface area contributed by atoms with Crippen molar-refractivity contribution in [3.63, 3.8) is 0 Å². The van der Waals surface area contributed by atoms with E-state index in [4.69, 9.17) is 0 Å². The second kappa shape index (κ2) is 8.32. The molecule has 0 aliphatic heterocycles.